The zero-order valence-corrected chi connectivity index (χ0v) is 22.8. The Bertz CT molecular complexity index is 1580. The van der Waals surface area contributed by atoms with Crippen LogP contribution in [0.1, 0.15) is 12.0 Å². The molecule has 5 rings (SSSR count). The molecule has 4 aromatic rings. The van der Waals surface area contributed by atoms with Gasteiger partial charge in [-0.25, -0.2) is 19.2 Å². The maximum atomic E-state index is 13.5. The summed E-state index contributed by atoms with van der Waals surface area (Å²) in [5, 5.41) is 5.31. The number of fused-ring (bicyclic) bond motifs is 1. The molecule has 0 radical (unpaired) electrons. The molecule has 10 nitrogen and oxygen atoms in total. The molecule has 0 atom stereocenters. The minimum absolute atomic E-state index is 0.220. The molecule has 1 aliphatic rings. The predicted molar refractivity (Wildman–Crippen MR) is 152 cm³/mol. The molecule has 2 amide bonds. The number of carbonyl (C=O) groups is 1. The zero-order valence-electron chi connectivity index (χ0n) is 22.8. The van der Waals surface area contributed by atoms with Gasteiger partial charge in [0.2, 0.25) is 5.88 Å². The monoisotopic (exact) mass is 600 g/mol. The molecule has 1 aliphatic heterocycles. The van der Waals surface area contributed by atoms with E-state index in [1.165, 1.54) is 18.5 Å². The van der Waals surface area contributed by atoms with Gasteiger partial charge in [0.15, 0.2) is 0 Å². The number of nitrogens with zero attached hydrogens (tertiary/aromatic N) is 3. The Kier molecular flexibility index (Phi) is 9.07. The Labute approximate surface area is 243 Å². The van der Waals surface area contributed by atoms with E-state index < -0.39 is 23.6 Å². The van der Waals surface area contributed by atoms with Gasteiger partial charge < -0.3 is 30.6 Å². The third-order valence-electron chi connectivity index (χ3n) is 6.57. The summed E-state index contributed by atoms with van der Waals surface area (Å²) in [5.41, 5.74) is 5.87. The van der Waals surface area contributed by atoms with Crippen LogP contribution in [0.15, 0.2) is 60.9 Å². The van der Waals surface area contributed by atoms with Crippen LogP contribution >= 0.6 is 0 Å². The molecule has 2 heterocycles. The highest BCUT2D eigenvalue weighted by molar-refractivity contribution is 5.99. The number of rotatable bonds is 9. The molecule has 1 aromatic heterocycles. The molecule has 0 spiro atoms. The second-order valence-corrected chi connectivity index (χ2v) is 9.64. The summed E-state index contributed by atoms with van der Waals surface area (Å²) in [7, 11) is 0. The van der Waals surface area contributed by atoms with E-state index in [2.05, 4.69) is 25.5 Å². The summed E-state index contributed by atoms with van der Waals surface area (Å²) in [5.74, 6) is -0.271. The van der Waals surface area contributed by atoms with Crippen LogP contribution in [0.4, 0.5) is 39.4 Å². The average molecular weight is 601 g/mol. The van der Waals surface area contributed by atoms with Crippen molar-refractivity contribution >= 4 is 34.0 Å². The summed E-state index contributed by atoms with van der Waals surface area (Å²) >= 11 is 0. The quantitative estimate of drug-likeness (QED) is 0.123. The minimum Gasteiger partial charge on any atom is -0.491 e. The zero-order chi connectivity index (χ0) is 30.4. The van der Waals surface area contributed by atoms with E-state index >= 15 is 0 Å². The standard InChI is InChI=1S/C29H28F4N6O4/c30-23-7-4-19(14-22(23)29(31,32)33)38-28(40)37-18-2-5-20(6-3-18)43-27-21-15-24(34)26(16-25(21)35-17-36-27)42-11-1-8-39-9-12-41-13-10-39/h2-7,14-17H,1,8-13,34H2,(H2,37,38,40). The number of morpholine rings is 1. The van der Waals surface area contributed by atoms with Gasteiger partial charge in [0.25, 0.3) is 0 Å². The first-order valence-corrected chi connectivity index (χ1v) is 13.4. The molecule has 14 heteroatoms. The maximum Gasteiger partial charge on any atom is 0.419 e. The van der Waals surface area contributed by atoms with E-state index in [0.717, 1.165) is 45.3 Å². The predicted octanol–water partition coefficient (Wildman–Crippen LogP) is 5.91. The van der Waals surface area contributed by atoms with E-state index in [-0.39, 0.29) is 11.6 Å². The molecule has 43 heavy (non-hydrogen) atoms. The fourth-order valence-electron chi connectivity index (χ4n) is 4.41. The van der Waals surface area contributed by atoms with Gasteiger partial charge in [0.1, 0.15) is 23.6 Å². The second kappa shape index (κ2) is 13.1. The van der Waals surface area contributed by atoms with Crippen molar-refractivity contribution in [3.8, 4) is 17.4 Å². The van der Waals surface area contributed by atoms with Crippen molar-refractivity contribution in [3.63, 3.8) is 0 Å². The summed E-state index contributed by atoms with van der Waals surface area (Å²) in [6, 6.07) is 11.0. The summed E-state index contributed by atoms with van der Waals surface area (Å²) in [6.07, 6.45) is -2.70. The molecule has 226 valence electrons. The highest BCUT2D eigenvalue weighted by Crippen LogP contribution is 2.34. The lowest BCUT2D eigenvalue weighted by molar-refractivity contribution is -0.139. The van der Waals surface area contributed by atoms with Crippen molar-refractivity contribution in [3.05, 3.63) is 72.3 Å². The molecular weight excluding hydrogens is 572 g/mol. The van der Waals surface area contributed by atoms with Gasteiger partial charge in [-0.2, -0.15) is 13.2 Å². The van der Waals surface area contributed by atoms with E-state index in [9.17, 15) is 22.4 Å². The Morgan fingerprint density at radius 1 is 1.00 bits per heavy atom. The Morgan fingerprint density at radius 2 is 1.72 bits per heavy atom. The first kappa shape index (κ1) is 29.8. The Morgan fingerprint density at radius 3 is 2.47 bits per heavy atom. The van der Waals surface area contributed by atoms with Crippen molar-refractivity contribution in [2.24, 2.45) is 0 Å². The van der Waals surface area contributed by atoms with Gasteiger partial charge in [-0.1, -0.05) is 0 Å². The highest BCUT2D eigenvalue weighted by Gasteiger charge is 2.34. The van der Waals surface area contributed by atoms with Crippen molar-refractivity contribution in [2.45, 2.75) is 12.6 Å². The fraction of sp³-hybridized carbons (Fsp3) is 0.276. The smallest absolute Gasteiger partial charge is 0.419 e. The summed E-state index contributed by atoms with van der Waals surface area (Å²) in [6.45, 7) is 4.73. The number of anilines is 3. The second-order valence-electron chi connectivity index (χ2n) is 9.64. The van der Waals surface area contributed by atoms with E-state index in [0.29, 0.717) is 52.5 Å². The number of hydrogen-bond acceptors (Lipinski definition) is 8. The topological polar surface area (TPSA) is 124 Å². The van der Waals surface area contributed by atoms with E-state index in [1.807, 2.05) is 0 Å². The van der Waals surface area contributed by atoms with E-state index in [1.54, 1.807) is 24.3 Å². The lowest BCUT2D eigenvalue weighted by Crippen LogP contribution is -2.37. The molecular formula is C29H28F4N6O4. The third kappa shape index (κ3) is 7.78. The number of benzene rings is 3. The number of urea groups is 1. The number of ether oxygens (including phenoxy) is 3. The largest absolute Gasteiger partial charge is 0.491 e. The Hall–Kier alpha value is -4.69. The maximum absolute atomic E-state index is 13.5. The van der Waals surface area contributed by atoms with Gasteiger partial charge in [-0.15, -0.1) is 0 Å². The van der Waals surface area contributed by atoms with Gasteiger partial charge in [0.05, 0.1) is 42.0 Å². The number of aromatic nitrogens is 2. The van der Waals surface area contributed by atoms with Gasteiger partial charge in [-0.05, 0) is 55.0 Å². The Balaban J connectivity index is 1.18. The number of halogens is 4. The molecule has 1 saturated heterocycles. The number of hydrogen-bond donors (Lipinski definition) is 3. The number of nitrogen functional groups attached to an aromatic ring is 1. The lowest BCUT2D eigenvalue weighted by Gasteiger charge is -2.26. The van der Waals surface area contributed by atoms with Gasteiger partial charge in [0, 0.05) is 37.1 Å². The summed E-state index contributed by atoms with van der Waals surface area (Å²) in [4.78, 5) is 23.1. The molecule has 0 bridgehead atoms. The first-order chi connectivity index (χ1) is 20.7. The number of nitrogens with two attached hydrogens (primary N) is 1. The number of alkyl halides is 3. The number of amides is 2. The molecule has 0 saturated carbocycles. The highest BCUT2D eigenvalue weighted by atomic mass is 19.4. The van der Waals surface area contributed by atoms with Crippen molar-refractivity contribution < 1.29 is 36.6 Å². The van der Waals surface area contributed by atoms with Crippen LogP contribution < -0.4 is 25.8 Å². The molecule has 3 aromatic carbocycles. The summed E-state index contributed by atoms with van der Waals surface area (Å²) < 4.78 is 69.5. The van der Waals surface area contributed by atoms with Gasteiger partial charge >= 0.3 is 12.2 Å². The van der Waals surface area contributed by atoms with Crippen molar-refractivity contribution in [2.75, 3.05) is 55.8 Å². The molecule has 0 aliphatic carbocycles. The van der Waals surface area contributed by atoms with Crippen LogP contribution in [0.2, 0.25) is 0 Å². The molecule has 0 unspecified atom stereocenters. The van der Waals surface area contributed by atoms with Crippen LogP contribution in [-0.4, -0.2) is 60.4 Å². The number of carbonyl (C=O) groups excluding carboxylic acids is 1. The van der Waals surface area contributed by atoms with Crippen LogP contribution in [-0.2, 0) is 10.9 Å². The molecule has 1 fully saturated rings. The van der Waals surface area contributed by atoms with Crippen molar-refractivity contribution in [1.82, 2.24) is 14.9 Å². The van der Waals surface area contributed by atoms with Crippen LogP contribution in [0.3, 0.4) is 0 Å². The first-order valence-electron chi connectivity index (χ1n) is 13.4. The van der Waals surface area contributed by atoms with E-state index in [4.69, 9.17) is 19.9 Å². The minimum atomic E-state index is -4.89. The third-order valence-corrected chi connectivity index (χ3v) is 6.57. The normalized spacial score (nSPS) is 14.0. The molecule has 4 N–H and O–H groups in total. The van der Waals surface area contributed by atoms with Crippen LogP contribution in [0.5, 0.6) is 17.4 Å². The van der Waals surface area contributed by atoms with Gasteiger partial charge in [-0.3, -0.25) is 4.90 Å². The van der Waals surface area contributed by atoms with Crippen LogP contribution in [0, 0.1) is 5.82 Å². The lowest BCUT2D eigenvalue weighted by atomic mass is 10.2. The SMILES string of the molecule is Nc1cc2c(Oc3ccc(NC(=O)Nc4ccc(F)c(C(F)(F)F)c4)cc3)ncnc2cc1OCCCN1CCOCC1. The van der Waals surface area contributed by atoms with Crippen molar-refractivity contribution in [1.29, 1.82) is 0 Å². The average Bonchev–Trinajstić information content (AvgIpc) is 2.98. The number of nitrogens with one attached hydrogen (secondary N) is 2. The van der Waals surface area contributed by atoms with Crippen LogP contribution in [0.25, 0.3) is 10.9 Å². The fourth-order valence-corrected chi connectivity index (χ4v) is 4.41.